The van der Waals surface area contributed by atoms with E-state index in [0.717, 1.165) is 42.4 Å². The summed E-state index contributed by atoms with van der Waals surface area (Å²) in [5, 5.41) is 0. The van der Waals surface area contributed by atoms with Crippen molar-refractivity contribution < 1.29 is 4.79 Å². The molecule has 3 rings (SSSR count). The third-order valence-electron chi connectivity index (χ3n) is 8.31. The Morgan fingerprint density at radius 3 is 1.70 bits per heavy atom. The zero-order valence-corrected chi connectivity index (χ0v) is 17.9. The van der Waals surface area contributed by atoms with Gasteiger partial charge in [0.05, 0.1) is 0 Å². The molecule has 0 heterocycles. The van der Waals surface area contributed by atoms with E-state index in [1.54, 1.807) is 0 Å². The van der Waals surface area contributed by atoms with Gasteiger partial charge in [-0.3, -0.25) is 0 Å². The predicted octanol–water partition coefficient (Wildman–Crippen LogP) is 7.74. The Balaban J connectivity index is 1.27. The summed E-state index contributed by atoms with van der Waals surface area (Å²) in [6, 6.07) is 0. The van der Waals surface area contributed by atoms with Gasteiger partial charge in [-0.2, -0.15) is 0 Å². The lowest BCUT2D eigenvalue weighted by molar-refractivity contribution is -0.112. The normalized spacial score (nSPS) is 38.1. The maximum Gasteiger partial charge on any atom is 0.123 e. The molecule has 3 aliphatic rings. The van der Waals surface area contributed by atoms with Gasteiger partial charge in [-0.1, -0.05) is 57.6 Å². The van der Waals surface area contributed by atoms with Crippen LogP contribution in [0.25, 0.3) is 0 Å². The molecule has 0 aromatic heterocycles. The lowest BCUT2D eigenvalue weighted by Gasteiger charge is -2.38. The summed E-state index contributed by atoms with van der Waals surface area (Å²) in [7, 11) is 0. The van der Waals surface area contributed by atoms with Crippen LogP contribution in [0.2, 0.25) is 0 Å². The SMILES string of the molecule is CCCC1CCC(C2CCC(CC/C=C/C3CCC(C=O)CC3)CC2)CC1. The molecular formula is C26H44O. The molecule has 0 saturated heterocycles. The summed E-state index contributed by atoms with van der Waals surface area (Å²) in [5.41, 5.74) is 0. The molecule has 0 unspecified atom stereocenters. The molecule has 1 nitrogen and oxygen atoms in total. The van der Waals surface area contributed by atoms with Gasteiger partial charge in [0.1, 0.15) is 6.29 Å². The Morgan fingerprint density at radius 2 is 1.19 bits per heavy atom. The van der Waals surface area contributed by atoms with Crippen LogP contribution in [0.1, 0.15) is 110 Å². The highest BCUT2D eigenvalue weighted by atomic mass is 16.1. The molecule has 27 heavy (non-hydrogen) atoms. The summed E-state index contributed by atoms with van der Waals surface area (Å²) in [6.45, 7) is 2.35. The van der Waals surface area contributed by atoms with Gasteiger partial charge in [-0.05, 0) is 93.8 Å². The van der Waals surface area contributed by atoms with E-state index in [9.17, 15) is 4.79 Å². The topological polar surface area (TPSA) is 17.1 Å². The number of carbonyl (C=O) groups excluding carboxylic acids is 1. The Morgan fingerprint density at radius 1 is 0.667 bits per heavy atom. The quantitative estimate of drug-likeness (QED) is 0.314. The maximum absolute atomic E-state index is 10.8. The van der Waals surface area contributed by atoms with Crippen molar-refractivity contribution in [2.24, 2.45) is 35.5 Å². The van der Waals surface area contributed by atoms with Gasteiger partial charge in [0.2, 0.25) is 0 Å². The summed E-state index contributed by atoms with van der Waals surface area (Å²) >= 11 is 0. The number of hydrogen-bond donors (Lipinski definition) is 0. The van der Waals surface area contributed by atoms with Crippen molar-refractivity contribution in [3.8, 4) is 0 Å². The van der Waals surface area contributed by atoms with Crippen LogP contribution in [0.15, 0.2) is 12.2 Å². The molecule has 0 aromatic rings. The third-order valence-corrected chi connectivity index (χ3v) is 8.31. The molecular weight excluding hydrogens is 328 g/mol. The molecule has 0 aliphatic heterocycles. The first-order valence-corrected chi connectivity index (χ1v) is 12.4. The minimum atomic E-state index is 0.353. The lowest BCUT2D eigenvalue weighted by atomic mass is 9.68. The molecule has 1 heteroatoms. The molecule has 3 saturated carbocycles. The maximum atomic E-state index is 10.8. The van der Waals surface area contributed by atoms with Crippen molar-refractivity contribution in [3.63, 3.8) is 0 Å². The molecule has 0 amide bonds. The first kappa shape index (κ1) is 21.1. The minimum Gasteiger partial charge on any atom is -0.303 e. The highest BCUT2D eigenvalue weighted by molar-refractivity contribution is 5.53. The average molecular weight is 373 g/mol. The summed E-state index contributed by atoms with van der Waals surface area (Å²) < 4.78 is 0. The van der Waals surface area contributed by atoms with Gasteiger partial charge in [0.25, 0.3) is 0 Å². The van der Waals surface area contributed by atoms with Gasteiger partial charge in [0.15, 0.2) is 0 Å². The van der Waals surface area contributed by atoms with Crippen LogP contribution in [-0.2, 0) is 4.79 Å². The highest BCUT2D eigenvalue weighted by Crippen LogP contribution is 2.43. The molecule has 0 atom stereocenters. The molecule has 154 valence electrons. The van der Waals surface area contributed by atoms with Gasteiger partial charge >= 0.3 is 0 Å². The summed E-state index contributed by atoms with van der Waals surface area (Å²) in [6.07, 6.45) is 28.5. The van der Waals surface area contributed by atoms with Gasteiger partial charge in [0, 0.05) is 5.92 Å². The highest BCUT2D eigenvalue weighted by Gasteiger charge is 2.30. The standard InChI is InChI=1S/C26H44O/c1-2-5-21-12-16-25(17-13-21)26-18-14-23(15-19-26)7-4-3-6-22-8-10-24(20-27)11-9-22/h3,6,20-26H,2,4-5,7-19H2,1H3/b6-3+. The van der Waals surface area contributed by atoms with Crippen LogP contribution in [0.3, 0.4) is 0 Å². The average Bonchev–Trinajstić information content (AvgIpc) is 2.73. The second-order valence-electron chi connectivity index (χ2n) is 10.2. The van der Waals surface area contributed by atoms with Crippen molar-refractivity contribution in [3.05, 3.63) is 12.2 Å². The minimum absolute atomic E-state index is 0.353. The first-order valence-electron chi connectivity index (χ1n) is 12.4. The first-order chi connectivity index (χ1) is 13.3. The van der Waals surface area contributed by atoms with Crippen molar-refractivity contribution >= 4 is 6.29 Å². The van der Waals surface area contributed by atoms with E-state index in [1.165, 1.54) is 96.2 Å². The number of hydrogen-bond acceptors (Lipinski definition) is 1. The fourth-order valence-corrected chi connectivity index (χ4v) is 6.40. The largest absolute Gasteiger partial charge is 0.303 e. The number of aldehydes is 1. The smallest absolute Gasteiger partial charge is 0.123 e. The van der Waals surface area contributed by atoms with Crippen LogP contribution in [-0.4, -0.2) is 6.29 Å². The fourth-order valence-electron chi connectivity index (χ4n) is 6.40. The number of allylic oxidation sites excluding steroid dienone is 2. The number of rotatable bonds is 8. The Kier molecular flexibility index (Phi) is 8.94. The molecule has 0 N–H and O–H groups in total. The van der Waals surface area contributed by atoms with E-state index in [1.807, 2.05) is 0 Å². The second kappa shape index (κ2) is 11.4. The lowest BCUT2D eigenvalue weighted by Crippen LogP contribution is -2.25. The second-order valence-corrected chi connectivity index (χ2v) is 10.2. The molecule has 0 bridgehead atoms. The van der Waals surface area contributed by atoms with Crippen molar-refractivity contribution in [1.29, 1.82) is 0 Å². The molecule has 0 aromatic carbocycles. The molecule has 0 spiro atoms. The van der Waals surface area contributed by atoms with Crippen LogP contribution in [0.5, 0.6) is 0 Å². The Hall–Kier alpha value is -0.590. The third kappa shape index (κ3) is 6.75. The van der Waals surface area contributed by atoms with Crippen LogP contribution in [0, 0.1) is 35.5 Å². The van der Waals surface area contributed by atoms with E-state index in [4.69, 9.17) is 0 Å². The van der Waals surface area contributed by atoms with Crippen molar-refractivity contribution in [2.45, 2.75) is 110 Å². The zero-order chi connectivity index (χ0) is 18.9. The van der Waals surface area contributed by atoms with Crippen LogP contribution in [0.4, 0.5) is 0 Å². The van der Waals surface area contributed by atoms with E-state index < -0.39 is 0 Å². The monoisotopic (exact) mass is 372 g/mol. The Labute approximate surface area is 168 Å². The number of carbonyl (C=O) groups is 1. The van der Waals surface area contributed by atoms with E-state index in [0.29, 0.717) is 5.92 Å². The van der Waals surface area contributed by atoms with Gasteiger partial charge in [-0.25, -0.2) is 0 Å². The molecule has 3 fully saturated rings. The van der Waals surface area contributed by atoms with E-state index in [-0.39, 0.29) is 0 Å². The van der Waals surface area contributed by atoms with E-state index in [2.05, 4.69) is 19.1 Å². The predicted molar refractivity (Wildman–Crippen MR) is 116 cm³/mol. The summed E-state index contributed by atoms with van der Waals surface area (Å²) in [5.74, 6) is 5.29. The fraction of sp³-hybridized carbons (Fsp3) is 0.885. The summed E-state index contributed by atoms with van der Waals surface area (Å²) in [4.78, 5) is 10.8. The van der Waals surface area contributed by atoms with Crippen LogP contribution >= 0.6 is 0 Å². The van der Waals surface area contributed by atoms with Crippen LogP contribution < -0.4 is 0 Å². The van der Waals surface area contributed by atoms with Crippen molar-refractivity contribution in [2.75, 3.05) is 0 Å². The molecule has 3 aliphatic carbocycles. The van der Waals surface area contributed by atoms with Gasteiger partial charge in [-0.15, -0.1) is 0 Å². The van der Waals surface area contributed by atoms with Crippen molar-refractivity contribution in [1.82, 2.24) is 0 Å². The molecule has 0 radical (unpaired) electrons. The van der Waals surface area contributed by atoms with E-state index >= 15 is 0 Å². The van der Waals surface area contributed by atoms with Gasteiger partial charge < -0.3 is 4.79 Å². The Bertz CT molecular complexity index is 429. The zero-order valence-electron chi connectivity index (χ0n) is 17.9.